The van der Waals surface area contributed by atoms with Crippen molar-refractivity contribution in [2.75, 3.05) is 0 Å². The van der Waals surface area contributed by atoms with Gasteiger partial charge in [-0.05, 0) is 42.1 Å². The summed E-state index contributed by atoms with van der Waals surface area (Å²) in [6.07, 6.45) is -5.67. The maximum Gasteiger partial charge on any atom is 0.330 e. The van der Waals surface area contributed by atoms with Crippen molar-refractivity contribution in [1.29, 1.82) is 0 Å². The molecule has 2 heterocycles. The Balaban J connectivity index is 1.57. The van der Waals surface area contributed by atoms with E-state index in [1.54, 1.807) is 0 Å². The third-order valence-corrected chi connectivity index (χ3v) is 5.48. The molecule has 0 saturated carbocycles. The van der Waals surface area contributed by atoms with Gasteiger partial charge in [0.2, 0.25) is 17.6 Å². The quantitative estimate of drug-likeness (QED) is 0.664. The summed E-state index contributed by atoms with van der Waals surface area (Å²) in [7, 11) is 0. The number of aryl methyl sites for hydroxylation is 1. The number of Topliss-reactive ketones (excluding diaryl/α,β-unsaturated/α-hetero) is 1. The van der Waals surface area contributed by atoms with Crippen molar-refractivity contribution in [3.8, 4) is 0 Å². The number of amides is 3. The van der Waals surface area contributed by atoms with Crippen LogP contribution in [-0.4, -0.2) is 34.4 Å². The predicted octanol–water partition coefficient (Wildman–Crippen LogP) is 3.39. The van der Waals surface area contributed by atoms with Gasteiger partial charge in [0, 0.05) is 39.6 Å². The van der Waals surface area contributed by atoms with Gasteiger partial charge in [0.15, 0.2) is 0 Å². The van der Waals surface area contributed by atoms with E-state index in [-0.39, 0.29) is 28.3 Å². The molecule has 32 heavy (non-hydrogen) atoms. The topological polar surface area (TPSA) is 83.6 Å². The van der Waals surface area contributed by atoms with Crippen molar-refractivity contribution in [2.45, 2.75) is 44.1 Å². The summed E-state index contributed by atoms with van der Waals surface area (Å²) in [4.78, 5) is 50.2. The van der Waals surface area contributed by atoms with Crippen molar-refractivity contribution < 1.29 is 33.4 Å². The number of halogens is 3. The molecular formula is C23H19ClF2N2O4. The van der Waals surface area contributed by atoms with Crippen LogP contribution in [0.5, 0.6) is 0 Å². The number of rotatable bonds is 6. The Hall–Kier alpha value is -3.13. The molecule has 3 amide bonds. The molecule has 2 aromatic rings. The minimum Gasteiger partial charge on any atom is -0.322 e. The monoisotopic (exact) mass is 464 g/mol. The number of piperidine rings is 1. The second-order valence-corrected chi connectivity index (χ2v) is 7.73. The van der Waals surface area contributed by atoms with Crippen LogP contribution in [0.25, 0.3) is 0 Å². The van der Waals surface area contributed by atoms with E-state index in [1.165, 1.54) is 30.3 Å². The van der Waals surface area contributed by atoms with Crippen LogP contribution in [-0.2, 0) is 33.2 Å². The summed E-state index contributed by atoms with van der Waals surface area (Å²) in [5.74, 6) is -8.26. The molecule has 1 N–H and O–H groups in total. The highest BCUT2D eigenvalue weighted by Crippen LogP contribution is 2.32. The van der Waals surface area contributed by atoms with Gasteiger partial charge in [0.05, 0.1) is 1.37 Å². The van der Waals surface area contributed by atoms with Crippen LogP contribution in [0, 0.1) is 0 Å². The molecule has 1 unspecified atom stereocenters. The minimum absolute atomic E-state index is 0.0604. The molecule has 2 atom stereocenters. The maximum absolute atomic E-state index is 14.7. The van der Waals surface area contributed by atoms with Crippen LogP contribution in [0.15, 0.2) is 42.5 Å². The summed E-state index contributed by atoms with van der Waals surface area (Å²) in [6, 6.07) is 5.78. The number of nitrogens with one attached hydrogen (secondary N) is 1. The van der Waals surface area contributed by atoms with Crippen LogP contribution in [0.4, 0.5) is 8.78 Å². The molecule has 0 bridgehead atoms. The Kier molecular flexibility index (Phi) is 4.59. The molecule has 1 saturated heterocycles. The smallest absolute Gasteiger partial charge is 0.322 e. The van der Waals surface area contributed by atoms with E-state index in [4.69, 9.17) is 17.1 Å². The zero-order valence-corrected chi connectivity index (χ0v) is 17.2. The first-order chi connectivity index (χ1) is 16.7. The number of nitrogens with zero attached hydrogens (tertiary/aromatic N) is 1. The van der Waals surface area contributed by atoms with Crippen molar-refractivity contribution in [3.05, 3.63) is 69.7 Å². The lowest BCUT2D eigenvalue weighted by Gasteiger charge is -2.29. The summed E-state index contributed by atoms with van der Waals surface area (Å²) < 4.78 is 62.2. The molecule has 6 nitrogen and oxygen atoms in total. The third kappa shape index (κ3) is 4.14. The van der Waals surface area contributed by atoms with Crippen molar-refractivity contribution >= 4 is 35.1 Å². The summed E-state index contributed by atoms with van der Waals surface area (Å²) in [6.45, 7) is -0.301. The highest BCUT2D eigenvalue weighted by molar-refractivity contribution is 6.30. The highest BCUT2D eigenvalue weighted by atomic mass is 35.5. The fourth-order valence-corrected chi connectivity index (χ4v) is 3.64. The van der Waals surface area contributed by atoms with Crippen LogP contribution >= 0.6 is 11.6 Å². The molecule has 2 aliphatic heterocycles. The van der Waals surface area contributed by atoms with Gasteiger partial charge < -0.3 is 4.90 Å². The van der Waals surface area contributed by atoms with Gasteiger partial charge in [-0.15, -0.1) is 0 Å². The SMILES string of the molecule is [2H]C1C[C@@]([2H])(N2Cc3cc(C([2H])([2H])CC(=O)C(F)(F)c4ccc(Cl)cc4)ccc3C2=O)C(=O)NC1=O. The van der Waals surface area contributed by atoms with Crippen molar-refractivity contribution in [3.63, 3.8) is 0 Å². The number of alkyl halides is 2. The van der Waals surface area contributed by atoms with Gasteiger partial charge in [-0.1, -0.05) is 35.9 Å². The molecule has 1 fully saturated rings. The first-order valence-electron chi connectivity index (χ1n) is 11.6. The number of imide groups is 1. The van der Waals surface area contributed by atoms with Gasteiger partial charge >= 0.3 is 5.92 Å². The number of hydrogen-bond acceptors (Lipinski definition) is 4. The molecule has 166 valence electrons. The molecule has 0 radical (unpaired) electrons. The van der Waals surface area contributed by atoms with E-state index in [9.17, 15) is 28.0 Å². The number of benzene rings is 2. The van der Waals surface area contributed by atoms with Gasteiger partial charge in [-0.3, -0.25) is 24.5 Å². The first-order valence-corrected chi connectivity index (χ1v) is 9.95. The Morgan fingerprint density at radius 3 is 2.69 bits per heavy atom. The van der Waals surface area contributed by atoms with Crippen LogP contribution in [0.3, 0.4) is 0 Å². The van der Waals surface area contributed by atoms with Crippen LogP contribution in [0.1, 0.15) is 51.8 Å². The molecule has 2 aliphatic rings. The van der Waals surface area contributed by atoms with Gasteiger partial charge in [0.1, 0.15) is 6.02 Å². The van der Waals surface area contributed by atoms with E-state index >= 15 is 0 Å². The largest absolute Gasteiger partial charge is 0.330 e. The molecule has 4 rings (SSSR count). The minimum atomic E-state index is -3.96. The second-order valence-electron chi connectivity index (χ2n) is 7.29. The molecule has 0 spiro atoms. The van der Waals surface area contributed by atoms with E-state index in [0.29, 0.717) is 0 Å². The lowest BCUT2D eigenvalue weighted by Crippen LogP contribution is -2.52. The van der Waals surface area contributed by atoms with Crippen molar-refractivity contribution in [1.82, 2.24) is 10.2 Å². The Morgan fingerprint density at radius 2 is 1.97 bits per heavy atom. The normalized spacial score (nSPS) is 25.4. The number of ketones is 1. The Labute approximate surface area is 193 Å². The fraction of sp³-hybridized carbons (Fsp3) is 0.304. The fourth-order valence-electron chi connectivity index (χ4n) is 3.51. The van der Waals surface area contributed by atoms with E-state index in [1.807, 2.05) is 5.32 Å². The van der Waals surface area contributed by atoms with Gasteiger partial charge in [-0.25, -0.2) is 0 Å². The zero-order chi connectivity index (χ0) is 26.6. The number of carbonyl (C=O) groups is 4. The number of fused-ring (bicyclic) bond motifs is 1. The second kappa shape index (κ2) is 8.43. The van der Waals surface area contributed by atoms with Crippen LogP contribution in [0.2, 0.25) is 5.02 Å². The summed E-state index contributed by atoms with van der Waals surface area (Å²) in [5.41, 5.74) is -0.487. The number of hydrogen-bond donors (Lipinski definition) is 1. The Morgan fingerprint density at radius 1 is 1.25 bits per heavy atom. The predicted molar refractivity (Wildman–Crippen MR) is 111 cm³/mol. The third-order valence-electron chi connectivity index (χ3n) is 5.22. The summed E-state index contributed by atoms with van der Waals surface area (Å²) in [5, 5.41) is 2.11. The van der Waals surface area contributed by atoms with E-state index < -0.39 is 66.6 Å². The molecule has 9 heteroatoms. The molecule has 2 aromatic carbocycles. The van der Waals surface area contributed by atoms with Crippen molar-refractivity contribution in [2.24, 2.45) is 0 Å². The van der Waals surface area contributed by atoms with Gasteiger partial charge in [0.25, 0.3) is 5.91 Å². The van der Waals surface area contributed by atoms with E-state index in [2.05, 4.69) is 0 Å². The average molecular weight is 465 g/mol. The molecule has 0 aliphatic carbocycles. The Bertz CT molecular complexity index is 1290. The van der Waals surface area contributed by atoms with E-state index in [0.717, 1.165) is 17.0 Å². The standard InChI is InChI=1S/C23H19ClF2N2O4/c24-16-5-3-15(4-6-16)23(25,26)19(29)9-2-13-1-7-17-14(11-13)12-28(22(17)32)18-8-10-20(30)27-21(18)31/h1,3-7,11,18H,2,8-10,12H2,(H,27,30,31)/t18-/m1/s1/i2D2,10D,18D/t10?,18-. The van der Waals surface area contributed by atoms with Gasteiger partial charge in [-0.2, -0.15) is 8.78 Å². The lowest BCUT2D eigenvalue weighted by molar-refractivity contribution is -0.144. The zero-order valence-electron chi connectivity index (χ0n) is 20.5. The summed E-state index contributed by atoms with van der Waals surface area (Å²) >= 11 is 5.70. The average Bonchev–Trinajstić information content (AvgIpc) is 3.14. The molecule has 0 aromatic heterocycles. The lowest BCUT2D eigenvalue weighted by atomic mass is 9.97. The first kappa shape index (κ1) is 17.4. The highest BCUT2D eigenvalue weighted by Gasteiger charge is 2.41. The number of carbonyl (C=O) groups excluding carboxylic acids is 4. The molecular weight excluding hydrogens is 442 g/mol. The maximum atomic E-state index is 14.7. The van der Waals surface area contributed by atoms with Crippen LogP contribution < -0.4 is 5.32 Å².